The van der Waals surface area contributed by atoms with Crippen LogP contribution in [0.3, 0.4) is 0 Å². The van der Waals surface area contributed by atoms with Crippen molar-refractivity contribution < 1.29 is 0 Å². The van der Waals surface area contributed by atoms with Crippen LogP contribution in [0.2, 0.25) is 0 Å². The van der Waals surface area contributed by atoms with Crippen LogP contribution in [-0.4, -0.2) is 42.6 Å². The number of nitrogen functional groups attached to an aromatic ring is 1. The molecule has 1 aliphatic heterocycles. The van der Waals surface area contributed by atoms with Crippen molar-refractivity contribution in [2.75, 3.05) is 43.4 Å². The van der Waals surface area contributed by atoms with Gasteiger partial charge < -0.3 is 10.6 Å². The third kappa shape index (κ3) is 5.20. The van der Waals surface area contributed by atoms with E-state index in [-0.39, 0.29) is 0 Å². The SMILES string of the molecule is CCCCCCCCN1CCN(c2ncccc2N)CC1. The van der Waals surface area contributed by atoms with Gasteiger partial charge in [-0.05, 0) is 25.1 Å². The molecular weight excluding hydrogens is 260 g/mol. The van der Waals surface area contributed by atoms with E-state index < -0.39 is 0 Å². The van der Waals surface area contributed by atoms with Gasteiger partial charge >= 0.3 is 0 Å². The van der Waals surface area contributed by atoms with Crippen molar-refractivity contribution in [3.05, 3.63) is 18.3 Å². The number of nitrogens with zero attached hydrogens (tertiary/aromatic N) is 3. The summed E-state index contributed by atoms with van der Waals surface area (Å²) in [6, 6.07) is 3.83. The largest absolute Gasteiger partial charge is 0.396 e. The Balaban J connectivity index is 1.63. The molecule has 0 aromatic carbocycles. The van der Waals surface area contributed by atoms with Crippen LogP contribution >= 0.6 is 0 Å². The van der Waals surface area contributed by atoms with Crippen LogP contribution in [0.25, 0.3) is 0 Å². The van der Waals surface area contributed by atoms with E-state index in [0.29, 0.717) is 0 Å². The maximum absolute atomic E-state index is 6.01. The fourth-order valence-corrected chi connectivity index (χ4v) is 2.97. The monoisotopic (exact) mass is 290 g/mol. The fraction of sp³-hybridized carbons (Fsp3) is 0.706. The van der Waals surface area contributed by atoms with Crippen LogP contribution in [0.4, 0.5) is 11.5 Å². The highest BCUT2D eigenvalue weighted by Gasteiger charge is 2.18. The predicted octanol–water partition coefficient (Wildman–Crippen LogP) is 3.15. The van der Waals surface area contributed by atoms with Gasteiger partial charge in [-0.3, -0.25) is 4.90 Å². The molecule has 0 bridgehead atoms. The van der Waals surface area contributed by atoms with Gasteiger partial charge in [0.1, 0.15) is 0 Å². The van der Waals surface area contributed by atoms with Gasteiger partial charge in [-0.25, -0.2) is 4.98 Å². The molecule has 0 radical (unpaired) electrons. The highest BCUT2D eigenvalue weighted by molar-refractivity contribution is 5.62. The number of piperazine rings is 1. The number of hydrogen-bond acceptors (Lipinski definition) is 4. The van der Waals surface area contributed by atoms with Gasteiger partial charge in [0.15, 0.2) is 5.82 Å². The highest BCUT2D eigenvalue weighted by Crippen LogP contribution is 2.20. The molecule has 2 rings (SSSR count). The molecule has 0 spiro atoms. The smallest absolute Gasteiger partial charge is 0.151 e. The van der Waals surface area contributed by atoms with E-state index in [1.54, 1.807) is 0 Å². The number of unbranched alkanes of at least 4 members (excludes halogenated alkanes) is 5. The van der Waals surface area contributed by atoms with Gasteiger partial charge in [0.05, 0.1) is 5.69 Å². The van der Waals surface area contributed by atoms with Crippen LogP contribution in [0.1, 0.15) is 45.4 Å². The summed E-state index contributed by atoms with van der Waals surface area (Å²) in [4.78, 5) is 9.30. The Kier molecular flexibility index (Phi) is 6.80. The molecule has 1 aromatic rings. The molecule has 2 N–H and O–H groups in total. The molecule has 1 aliphatic rings. The van der Waals surface area contributed by atoms with Crippen molar-refractivity contribution in [2.24, 2.45) is 0 Å². The molecule has 2 heterocycles. The molecular formula is C17H30N4. The number of nitrogens with two attached hydrogens (primary N) is 1. The Morgan fingerprint density at radius 3 is 2.48 bits per heavy atom. The second kappa shape index (κ2) is 8.88. The Morgan fingerprint density at radius 1 is 1.05 bits per heavy atom. The molecule has 4 nitrogen and oxygen atoms in total. The van der Waals surface area contributed by atoms with Crippen LogP contribution in [0.5, 0.6) is 0 Å². The van der Waals surface area contributed by atoms with Gasteiger partial charge in [-0.2, -0.15) is 0 Å². The zero-order chi connectivity index (χ0) is 14.9. The molecule has 0 saturated carbocycles. The first-order valence-electron chi connectivity index (χ1n) is 8.49. The Morgan fingerprint density at radius 2 is 1.76 bits per heavy atom. The minimum absolute atomic E-state index is 0.793. The molecule has 1 fully saturated rings. The summed E-state index contributed by atoms with van der Waals surface area (Å²) in [6.45, 7) is 7.86. The topological polar surface area (TPSA) is 45.4 Å². The number of anilines is 2. The lowest BCUT2D eigenvalue weighted by Gasteiger charge is -2.35. The zero-order valence-corrected chi connectivity index (χ0v) is 13.4. The normalized spacial score (nSPS) is 16.3. The maximum atomic E-state index is 6.01. The molecule has 0 atom stereocenters. The summed E-state index contributed by atoms with van der Waals surface area (Å²) >= 11 is 0. The first kappa shape index (κ1) is 16.1. The first-order valence-corrected chi connectivity index (χ1v) is 8.49. The lowest BCUT2D eigenvalue weighted by atomic mass is 10.1. The number of rotatable bonds is 8. The number of pyridine rings is 1. The summed E-state index contributed by atoms with van der Waals surface area (Å²) in [5.41, 5.74) is 6.80. The summed E-state index contributed by atoms with van der Waals surface area (Å²) in [7, 11) is 0. The van der Waals surface area contributed by atoms with Gasteiger partial charge in [0, 0.05) is 32.4 Å². The van der Waals surface area contributed by atoms with Gasteiger partial charge in [0.25, 0.3) is 0 Å². The minimum Gasteiger partial charge on any atom is -0.396 e. The van der Waals surface area contributed by atoms with Crippen molar-refractivity contribution in [3.8, 4) is 0 Å². The molecule has 0 aliphatic carbocycles. The molecule has 0 unspecified atom stereocenters. The van der Waals surface area contributed by atoms with Crippen molar-refractivity contribution in [1.29, 1.82) is 0 Å². The van der Waals surface area contributed by atoms with E-state index >= 15 is 0 Å². The van der Waals surface area contributed by atoms with E-state index in [1.807, 2.05) is 18.3 Å². The van der Waals surface area contributed by atoms with E-state index in [2.05, 4.69) is 21.7 Å². The van der Waals surface area contributed by atoms with Crippen LogP contribution in [0, 0.1) is 0 Å². The third-order valence-corrected chi connectivity index (χ3v) is 4.32. The van der Waals surface area contributed by atoms with E-state index in [0.717, 1.165) is 37.7 Å². The van der Waals surface area contributed by atoms with Crippen LogP contribution in [-0.2, 0) is 0 Å². The second-order valence-electron chi connectivity index (χ2n) is 6.01. The van der Waals surface area contributed by atoms with E-state index in [4.69, 9.17) is 5.73 Å². The first-order chi connectivity index (χ1) is 10.3. The highest BCUT2D eigenvalue weighted by atomic mass is 15.3. The van der Waals surface area contributed by atoms with Gasteiger partial charge in [0.2, 0.25) is 0 Å². The van der Waals surface area contributed by atoms with E-state index in [1.165, 1.54) is 45.1 Å². The lowest BCUT2D eigenvalue weighted by molar-refractivity contribution is 0.251. The van der Waals surface area contributed by atoms with Crippen molar-refractivity contribution >= 4 is 11.5 Å². The lowest BCUT2D eigenvalue weighted by Crippen LogP contribution is -2.47. The van der Waals surface area contributed by atoms with Crippen LogP contribution < -0.4 is 10.6 Å². The van der Waals surface area contributed by atoms with Crippen LogP contribution in [0.15, 0.2) is 18.3 Å². The molecule has 21 heavy (non-hydrogen) atoms. The Labute approximate surface area is 129 Å². The Bertz CT molecular complexity index is 400. The van der Waals surface area contributed by atoms with E-state index in [9.17, 15) is 0 Å². The predicted molar refractivity (Wildman–Crippen MR) is 90.7 cm³/mol. The van der Waals surface area contributed by atoms with Crippen molar-refractivity contribution in [2.45, 2.75) is 45.4 Å². The number of hydrogen-bond donors (Lipinski definition) is 1. The summed E-state index contributed by atoms with van der Waals surface area (Å²) < 4.78 is 0. The standard InChI is InChI=1S/C17H30N4/c1-2-3-4-5-6-7-11-20-12-14-21(15-13-20)17-16(18)9-8-10-19-17/h8-10H,2-7,11-15,18H2,1H3. The Hall–Kier alpha value is -1.29. The zero-order valence-electron chi connectivity index (χ0n) is 13.4. The van der Waals surface area contributed by atoms with Crippen molar-refractivity contribution in [3.63, 3.8) is 0 Å². The van der Waals surface area contributed by atoms with Gasteiger partial charge in [-0.1, -0.05) is 39.0 Å². The second-order valence-corrected chi connectivity index (χ2v) is 6.01. The quantitative estimate of drug-likeness (QED) is 0.747. The summed E-state index contributed by atoms with van der Waals surface area (Å²) in [6.07, 6.45) is 10.1. The molecule has 1 aromatic heterocycles. The summed E-state index contributed by atoms with van der Waals surface area (Å²) in [5.74, 6) is 0.955. The molecule has 1 saturated heterocycles. The average molecular weight is 290 g/mol. The average Bonchev–Trinajstić information content (AvgIpc) is 2.52. The number of aromatic nitrogens is 1. The molecule has 0 amide bonds. The minimum atomic E-state index is 0.793. The molecule has 4 heteroatoms. The molecule has 118 valence electrons. The van der Waals surface area contributed by atoms with Crippen molar-refractivity contribution in [1.82, 2.24) is 9.88 Å². The third-order valence-electron chi connectivity index (χ3n) is 4.32. The maximum Gasteiger partial charge on any atom is 0.151 e. The fourth-order valence-electron chi connectivity index (χ4n) is 2.97. The van der Waals surface area contributed by atoms with Gasteiger partial charge in [-0.15, -0.1) is 0 Å². The summed E-state index contributed by atoms with van der Waals surface area (Å²) in [5, 5.41) is 0.